The van der Waals surface area contributed by atoms with Gasteiger partial charge in [-0.15, -0.1) is 0 Å². The van der Waals surface area contributed by atoms with Gasteiger partial charge in [-0.2, -0.15) is 0 Å². The zero-order valence-electron chi connectivity index (χ0n) is 30.6. The molecule has 53 heavy (non-hydrogen) atoms. The summed E-state index contributed by atoms with van der Waals surface area (Å²) in [7, 11) is 0. The minimum atomic E-state index is -0.942. The van der Waals surface area contributed by atoms with Gasteiger partial charge in [0.1, 0.15) is 11.9 Å². The van der Waals surface area contributed by atoms with Gasteiger partial charge in [0, 0.05) is 54.2 Å². The summed E-state index contributed by atoms with van der Waals surface area (Å²) in [6.45, 7) is 8.77. The summed E-state index contributed by atoms with van der Waals surface area (Å²) in [5, 5.41) is 12.2. The predicted molar refractivity (Wildman–Crippen MR) is 205 cm³/mol. The third-order valence-corrected chi connectivity index (χ3v) is 10.4. The molecule has 1 aliphatic heterocycles. The summed E-state index contributed by atoms with van der Waals surface area (Å²) in [6, 6.07) is 27.3. The second kappa shape index (κ2) is 15.9. The molecule has 1 aromatic heterocycles. The Morgan fingerprint density at radius 2 is 1.43 bits per heavy atom. The molecule has 1 atom stereocenters. The number of aromatic nitrogens is 2. The van der Waals surface area contributed by atoms with Gasteiger partial charge >= 0.3 is 5.97 Å². The van der Waals surface area contributed by atoms with Crippen molar-refractivity contribution in [1.29, 1.82) is 0 Å². The van der Waals surface area contributed by atoms with Gasteiger partial charge in [0.05, 0.1) is 5.92 Å². The number of carbonyl (C=O) groups is 3. The molecule has 0 bridgehead atoms. The van der Waals surface area contributed by atoms with Crippen molar-refractivity contribution in [3.63, 3.8) is 0 Å². The molecular weight excluding hydrogens is 668 g/mol. The van der Waals surface area contributed by atoms with Crippen molar-refractivity contribution < 1.29 is 23.9 Å². The normalized spacial score (nSPS) is 13.6. The fourth-order valence-corrected chi connectivity index (χ4v) is 6.48. The van der Waals surface area contributed by atoms with Crippen LogP contribution < -0.4 is 5.32 Å². The molecule has 8 nitrogen and oxygen atoms in total. The minimum Gasteiger partial charge on any atom is -0.481 e. The largest absolute Gasteiger partial charge is 0.481 e. The molecule has 0 spiro atoms. The van der Waals surface area contributed by atoms with E-state index in [1.165, 1.54) is 16.5 Å². The molecule has 0 saturated carbocycles. The Morgan fingerprint density at radius 3 is 2.02 bits per heavy atom. The van der Waals surface area contributed by atoms with Gasteiger partial charge in [0.2, 0.25) is 5.91 Å². The number of hydrogen-bond donors (Lipinski definition) is 2. The number of nitrogens with one attached hydrogen (secondary N) is 1. The predicted octanol–water partition coefficient (Wildman–Crippen LogP) is 8.14. The lowest BCUT2D eigenvalue weighted by Crippen LogP contribution is -2.59. The highest BCUT2D eigenvalue weighted by atomic mass is 19.1. The first-order valence-corrected chi connectivity index (χ1v) is 18.2. The Kier molecular flexibility index (Phi) is 11.1. The molecule has 0 aliphatic carbocycles. The molecule has 4 aromatic carbocycles. The van der Waals surface area contributed by atoms with Crippen LogP contribution in [0.4, 0.5) is 4.39 Å². The number of likely N-dealkylation sites (tertiary alicyclic amines) is 1. The molecule has 6 rings (SSSR count). The van der Waals surface area contributed by atoms with E-state index in [4.69, 9.17) is 0 Å². The van der Waals surface area contributed by atoms with Crippen LogP contribution in [0.5, 0.6) is 0 Å². The van der Waals surface area contributed by atoms with E-state index in [1.54, 1.807) is 30.6 Å². The number of rotatable bonds is 13. The molecule has 9 heteroatoms. The standard InChI is InChI=1S/C44H45FN4O4/c1-5-7-28-8-12-30(13-9-28)33-18-21-37(38(45)23-33)34-24-46-40(47-25-34)31-14-10-29(11-15-31)22-39(42(51)49-26-35(27-49)43(52)53)48-41(50)32-16-19-36(20-17-32)44(3,4)6-2/h8-21,23-25,35,39H,5-7,22,26-27H2,1-4H3,(H,48,50)(H,52,53)/t39-/m0/s1. The van der Waals surface area contributed by atoms with Crippen molar-refractivity contribution in [3.8, 4) is 33.6 Å². The molecule has 1 aliphatic rings. The van der Waals surface area contributed by atoms with Crippen LogP contribution in [-0.4, -0.2) is 56.9 Å². The van der Waals surface area contributed by atoms with E-state index in [0.29, 0.717) is 22.5 Å². The SMILES string of the molecule is CCCc1ccc(-c2ccc(-c3cnc(-c4ccc(C[C@H](NC(=O)c5ccc(C(C)(C)CC)cc5)C(=O)N5CC(C(=O)O)C5)cc4)nc3)c(F)c2)cc1. The van der Waals surface area contributed by atoms with Crippen LogP contribution in [0.3, 0.4) is 0 Å². The van der Waals surface area contributed by atoms with Crippen LogP contribution >= 0.6 is 0 Å². The maximum absolute atomic E-state index is 15.3. The average molecular weight is 713 g/mol. The monoisotopic (exact) mass is 712 g/mol. The lowest BCUT2D eigenvalue weighted by Gasteiger charge is -2.39. The lowest BCUT2D eigenvalue weighted by atomic mass is 9.82. The quantitative estimate of drug-likeness (QED) is 0.128. The zero-order valence-corrected chi connectivity index (χ0v) is 30.6. The number of hydrogen-bond acceptors (Lipinski definition) is 5. The lowest BCUT2D eigenvalue weighted by molar-refractivity contribution is -0.153. The second-order valence-corrected chi connectivity index (χ2v) is 14.5. The Bertz CT molecular complexity index is 2070. The molecule has 2 N–H and O–H groups in total. The fourth-order valence-electron chi connectivity index (χ4n) is 6.48. The molecule has 0 unspecified atom stereocenters. The van der Waals surface area contributed by atoms with Gasteiger partial charge in [-0.1, -0.05) is 107 Å². The summed E-state index contributed by atoms with van der Waals surface area (Å²) < 4.78 is 15.3. The minimum absolute atomic E-state index is 0.0309. The van der Waals surface area contributed by atoms with Gasteiger partial charge in [0.15, 0.2) is 5.82 Å². The van der Waals surface area contributed by atoms with Crippen LogP contribution in [0, 0.1) is 11.7 Å². The van der Waals surface area contributed by atoms with E-state index in [9.17, 15) is 19.5 Å². The molecule has 1 fully saturated rings. The van der Waals surface area contributed by atoms with E-state index >= 15 is 4.39 Å². The number of nitrogens with zero attached hydrogens (tertiary/aromatic N) is 3. The van der Waals surface area contributed by atoms with Crippen LogP contribution in [0.15, 0.2) is 103 Å². The number of halogens is 1. The van der Waals surface area contributed by atoms with Gasteiger partial charge in [-0.05, 0) is 64.3 Å². The summed E-state index contributed by atoms with van der Waals surface area (Å²) in [5.41, 5.74) is 7.04. The summed E-state index contributed by atoms with van der Waals surface area (Å²) in [5.74, 6) is -2.15. The first-order valence-electron chi connectivity index (χ1n) is 18.2. The number of amides is 2. The molecule has 0 radical (unpaired) electrons. The van der Waals surface area contributed by atoms with E-state index in [-0.39, 0.29) is 42.6 Å². The van der Waals surface area contributed by atoms with E-state index in [2.05, 4.69) is 55.1 Å². The summed E-state index contributed by atoms with van der Waals surface area (Å²) in [4.78, 5) is 48.8. The Morgan fingerprint density at radius 1 is 0.830 bits per heavy atom. The average Bonchev–Trinajstić information content (AvgIpc) is 3.14. The van der Waals surface area contributed by atoms with Crippen LogP contribution in [0.1, 0.15) is 67.6 Å². The number of carboxylic acids is 1. The maximum Gasteiger partial charge on any atom is 0.310 e. The first kappa shape index (κ1) is 37.1. The molecule has 2 amide bonds. The number of aliphatic carboxylic acids is 1. The summed E-state index contributed by atoms with van der Waals surface area (Å²) >= 11 is 0. The third kappa shape index (κ3) is 8.52. The van der Waals surface area contributed by atoms with Crippen molar-refractivity contribution in [3.05, 3.63) is 131 Å². The smallest absolute Gasteiger partial charge is 0.310 e. The van der Waals surface area contributed by atoms with Crippen LogP contribution in [-0.2, 0) is 27.8 Å². The van der Waals surface area contributed by atoms with Gasteiger partial charge in [-0.25, -0.2) is 14.4 Å². The molecule has 1 saturated heterocycles. The highest BCUT2D eigenvalue weighted by Gasteiger charge is 2.39. The Hall–Kier alpha value is -5.70. The first-order chi connectivity index (χ1) is 25.4. The molecule has 2 heterocycles. The van der Waals surface area contributed by atoms with Crippen molar-refractivity contribution >= 4 is 17.8 Å². The Labute approximate surface area is 310 Å². The van der Waals surface area contributed by atoms with Crippen LogP contribution in [0.25, 0.3) is 33.6 Å². The molecular formula is C44H45FN4O4. The van der Waals surface area contributed by atoms with Gasteiger partial charge in [-0.3, -0.25) is 14.4 Å². The number of benzene rings is 4. The van der Waals surface area contributed by atoms with Crippen LogP contribution in [0.2, 0.25) is 0 Å². The highest BCUT2D eigenvalue weighted by molar-refractivity contribution is 5.98. The van der Waals surface area contributed by atoms with Crippen molar-refractivity contribution in [2.24, 2.45) is 5.92 Å². The van der Waals surface area contributed by atoms with E-state index in [0.717, 1.165) is 47.1 Å². The van der Waals surface area contributed by atoms with Crippen molar-refractivity contribution in [1.82, 2.24) is 20.2 Å². The second-order valence-electron chi connectivity index (χ2n) is 14.5. The molecule has 272 valence electrons. The fraction of sp³-hybridized carbons (Fsp3) is 0.295. The summed E-state index contributed by atoms with van der Waals surface area (Å²) in [6.07, 6.45) is 6.45. The van der Waals surface area contributed by atoms with Crippen molar-refractivity contribution in [2.75, 3.05) is 13.1 Å². The number of aryl methyl sites for hydroxylation is 1. The van der Waals surface area contributed by atoms with E-state index in [1.807, 2.05) is 54.6 Å². The molecule has 5 aromatic rings. The number of carbonyl (C=O) groups excluding carboxylic acids is 2. The van der Waals surface area contributed by atoms with Crippen molar-refractivity contribution in [2.45, 2.75) is 64.8 Å². The van der Waals surface area contributed by atoms with E-state index < -0.39 is 17.9 Å². The highest BCUT2D eigenvalue weighted by Crippen LogP contribution is 2.30. The topological polar surface area (TPSA) is 112 Å². The number of carboxylic acid groups (broad SMARTS) is 1. The van der Waals surface area contributed by atoms with Gasteiger partial charge < -0.3 is 15.3 Å². The zero-order chi connectivity index (χ0) is 37.7. The Balaban J connectivity index is 1.14. The maximum atomic E-state index is 15.3. The van der Waals surface area contributed by atoms with Gasteiger partial charge in [0.25, 0.3) is 5.91 Å². The third-order valence-electron chi connectivity index (χ3n) is 10.4.